The fourth-order valence-electron chi connectivity index (χ4n) is 2.80. The molecule has 0 atom stereocenters. The van der Waals surface area contributed by atoms with Crippen LogP contribution in [0.2, 0.25) is 0 Å². The molecule has 8 heteroatoms. The molecule has 1 heterocycles. The van der Waals surface area contributed by atoms with Gasteiger partial charge in [0.25, 0.3) is 0 Å². The average Bonchev–Trinajstić information content (AvgIpc) is 2.76. The molecule has 0 aliphatic carbocycles. The van der Waals surface area contributed by atoms with Gasteiger partial charge in [-0.2, -0.15) is 5.26 Å². The van der Waals surface area contributed by atoms with E-state index >= 15 is 0 Å². The van der Waals surface area contributed by atoms with E-state index in [0.29, 0.717) is 17.8 Å². The van der Waals surface area contributed by atoms with E-state index in [0.717, 1.165) is 0 Å². The second kappa shape index (κ2) is 10.0. The van der Waals surface area contributed by atoms with E-state index in [1.165, 1.54) is 36.4 Å². The number of nitriles is 1. The van der Waals surface area contributed by atoms with E-state index in [2.05, 4.69) is 13.2 Å². The van der Waals surface area contributed by atoms with Gasteiger partial charge in [0.2, 0.25) is 0 Å². The summed E-state index contributed by atoms with van der Waals surface area (Å²) in [6.45, 7) is 8.01. The molecular formula is C21H23NO6S. The van der Waals surface area contributed by atoms with Crippen molar-refractivity contribution in [2.24, 2.45) is 0 Å². The van der Waals surface area contributed by atoms with Crippen LogP contribution < -0.4 is 4.74 Å². The van der Waals surface area contributed by atoms with Crippen molar-refractivity contribution in [2.75, 3.05) is 26.4 Å². The Kier molecular flexibility index (Phi) is 7.76. The topological polar surface area (TPSA) is 103 Å². The predicted molar refractivity (Wildman–Crippen MR) is 107 cm³/mol. The molecule has 1 aromatic rings. The van der Waals surface area contributed by atoms with Gasteiger partial charge in [-0.15, -0.1) is 0 Å². The molecule has 0 N–H and O–H groups in total. The Morgan fingerprint density at radius 2 is 1.90 bits per heavy atom. The van der Waals surface area contributed by atoms with E-state index in [4.69, 9.17) is 19.5 Å². The maximum absolute atomic E-state index is 12.9. The van der Waals surface area contributed by atoms with Gasteiger partial charge in [-0.1, -0.05) is 13.2 Å². The Morgan fingerprint density at radius 3 is 2.45 bits per heavy atom. The van der Waals surface area contributed by atoms with Gasteiger partial charge in [0, 0.05) is 18.8 Å². The molecule has 0 amide bonds. The monoisotopic (exact) mass is 417 g/mol. The minimum atomic E-state index is -3.83. The van der Waals surface area contributed by atoms with Crippen molar-refractivity contribution in [1.82, 2.24) is 0 Å². The lowest BCUT2D eigenvalue weighted by atomic mass is 10.0. The van der Waals surface area contributed by atoms with Gasteiger partial charge in [-0.05, 0) is 49.3 Å². The van der Waals surface area contributed by atoms with Crippen LogP contribution in [0.4, 0.5) is 0 Å². The molecule has 1 fully saturated rings. The molecule has 1 aromatic carbocycles. The summed E-state index contributed by atoms with van der Waals surface area (Å²) < 4.78 is 40.6. The molecule has 154 valence electrons. The fraction of sp³-hybridized carbons (Fsp3) is 0.333. The number of benzene rings is 1. The summed E-state index contributed by atoms with van der Waals surface area (Å²) in [5.74, 6) is 0.863. The van der Waals surface area contributed by atoms with Gasteiger partial charge in [0.15, 0.2) is 9.84 Å². The van der Waals surface area contributed by atoms with E-state index < -0.39 is 14.6 Å². The molecule has 0 saturated carbocycles. The summed E-state index contributed by atoms with van der Waals surface area (Å²) in [4.78, 5) is 11.7. The van der Waals surface area contributed by atoms with Crippen LogP contribution in [0.15, 0.2) is 65.8 Å². The first kappa shape index (κ1) is 22.4. The highest BCUT2D eigenvalue weighted by Crippen LogP contribution is 2.33. The van der Waals surface area contributed by atoms with Crippen molar-refractivity contribution in [2.45, 2.75) is 22.5 Å². The van der Waals surface area contributed by atoms with Crippen molar-refractivity contribution in [3.8, 4) is 11.8 Å². The van der Waals surface area contributed by atoms with Crippen molar-refractivity contribution in [1.29, 1.82) is 5.26 Å². The summed E-state index contributed by atoms with van der Waals surface area (Å²) in [6, 6.07) is 7.81. The number of hydrogen-bond acceptors (Lipinski definition) is 7. The van der Waals surface area contributed by atoms with Gasteiger partial charge in [-0.25, -0.2) is 8.42 Å². The van der Waals surface area contributed by atoms with Gasteiger partial charge >= 0.3 is 0 Å². The Balaban J connectivity index is 1.97. The largest absolute Gasteiger partial charge is 0.490 e. The Morgan fingerprint density at radius 1 is 1.24 bits per heavy atom. The first-order chi connectivity index (χ1) is 13.9. The third kappa shape index (κ3) is 5.34. The van der Waals surface area contributed by atoms with Crippen molar-refractivity contribution >= 4 is 16.1 Å². The second-order valence-corrected chi connectivity index (χ2v) is 8.65. The van der Waals surface area contributed by atoms with Crippen molar-refractivity contribution in [3.63, 3.8) is 0 Å². The average molecular weight is 417 g/mol. The summed E-state index contributed by atoms with van der Waals surface area (Å²) in [5, 5.41) is 8.72. The standard InChI is InChI=1S/C21H23NO6S/c1-3-18(14-17(2)15-22)27-12-13-28-19-4-6-20(7-5-19)29(24,25)21(16-23)8-10-26-11-9-21/h3-7,14,16H,1-2,8-13H2/b18-14+. The molecule has 1 aliphatic rings. The quantitative estimate of drug-likeness (QED) is 0.190. The highest BCUT2D eigenvalue weighted by atomic mass is 32.2. The molecule has 0 aromatic heterocycles. The summed E-state index contributed by atoms with van der Waals surface area (Å²) in [7, 11) is -3.83. The minimum absolute atomic E-state index is 0.0713. The molecular weight excluding hydrogens is 394 g/mol. The van der Waals surface area contributed by atoms with Crippen LogP contribution in [0, 0.1) is 11.3 Å². The van der Waals surface area contributed by atoms with Crippen molar-refractivity contribution < 1.29 is 27.4 Å². The minimum Gasteiger partial charge on any atom is -0.490 e. The molecule has 0 spiro atoms. The Bertz CT molecular complexity index is 919. The zero-order valence-corrected chi connectivity index (χ0v) is 16.8. The van der Waals surface area contributed by atoms with Gasteiger partial charge in [0.1, 0.15) is 35.8 Å². The van der Waals surface area contributed by atoms with Crippen LogP contribution in [0.5, 0.6) is 5.75 Å². The van der Waals surface area contributed by atoms with Crippen LogP contribution in [-0.2, 0) is 24.1 Å². The van der Waals surface area contributed by atoms with Crippen LogP contribution in [0.25, 0.3) is 0 Å². The normalized spacial score (nSPS) is 16.3. The van der Waals surface area contributed by atoms with Crippen LogP contribution in [0.1, 0.15) is 12.8 Å². The van der Waals surface area contributed by atoms with E-state index in [1.54, 1.807) is 0 Å². The van der Waals surface area contributed by atoms with E-state index in [-0.39, 0.29) is 49.7 Å². The Labute approximate surface area is 170 Å². The number of allylic oxidation sites excluding steroid dienone is 3. The maximum atomic E-state index is 12.9. The zero-order valence-electron chi connectivity index (χ0n) is 16.0. The molecule has 0 unspecified atom stereocenters. The first-order valence-electron chi connectivity index (χ1n) is 8.96. The Hall–Kier alpha value is -2.89. The summed E-state index contributed by atoms with van der Waals surface area (Å²) in [5.41, 5.74) is 0.246. The zero-order chi connectivity index (χ0) is 21.3. The highest BCUT2D eigenvalue weighted by molar-refractivity contribution is 7.93. The second-order valence-electron chi connectivity index (χ2n) is 6.35. The molecule has 1 saturated heterocycles. The number of sulfone groups is 1. The number of hydrogen-bond donors (Lipinski definition) is 0. The number of carbonyl (C=O) groups excluding carboxylic acids is 1. The lowest BCUT2D eigenvalue weighted by Crippen LogP contribution is -2.45. The fourth-order valence-corrected chi connectivity index (χ4v) is 4.59. The number of ether oxygens (including phenoxy) is 3. The van der Waals surface area contributed by atoms with Crippen LogP contribution in [0.3, 0.4) is 0 Å². The predicted octanol–water partition coefficient (Wildman–Crippen LogP) is 2.75. The van der Waals surface area contributed by atoms with Crippen molar-refractivity contribution in [3.05, 3.63) is 60.9 Å². The van der Waals surface area contributed by atoms with E-state index in [9.17, 15) is 13.2 Å². The van der Waals surface area contributed by atoms with Crippen LogP contribution in [-0.4, -0.2) is 45.9 Å². The smallest absolute Gasteiger partial charge is 0.191 e. The number of rotatable bonds is 10. The molecule has 0 bridgehead atoms. The number of nitrogens with zero attached hydrogens (tertiary/aromatic N) is 1. The third-order valence-corrected chi connectivity index (χ3v) is 6.97. The summed E-state index contributed by atoms with van der Waals surface area (Å²) in [6.07, 6.45) is 3.74. The molecule has 0 radical (unpaired) electrons. The summed E-state index contributed by atoms with van der Waals surface area (Å²) >= 11 is 0. The number of carbonyl (C=O) groups is 1. The van der Waals surface area contributed by atoms with Gasteiger partial charge in [-0.3, -0.25) is 0 Å². The molecule has 2 rings (SSSR count). The SMILES string of the molecule is C=C/C(=C\C(=C)C#N)OCCOc1ccc(S(=O)(=O)C2(C=O)CCOCC2)cc1. The third-order valence-electron chi connectivity index (χ3n) is 4.51. The lowest BCUT2D eigenvalue weighted by Gasteiger charge is -2.31. The van der Waals surface area contributed by atoms with Gasteiger partial charge < -0.3 is 19.0 Å². The lowest BCUT2D eigenvalue weighted by molar-refractivity contribution is -0.112. The molecule has 7 nitrogen and oxygen atoms in total. The molecule has 1 aliphatic heterocycles. The molecule has 29 heavy (non-hydrogen) atoms. The number of aldehydes is 1. The highest BCUT2D eigenvalue weighted by Gasteiger charge is 2.45. The van der Waals surface area contributed by atoms with Crippen LogP contribution >= 0.6 is 0 Å². The maximum Gasteiger partial charge on any atom is 0.191 e. The first-order valence-corrected chi connectivity index (χ1v) is 10.4. The van der Waals surface area contributed by atoms with Gasteiger partial charge in [0.05, 0.1) is 11.0 Å². The van der Waals surface area contributed by atoms with E-state index in [1.807, 2.05) is 6.07 Å².